The smallest absolute Gasteiger partial charge is 0.00745 e. The Kier molecular flexibility index (Phi) is 21.8. The fraction of sp³-hybridized carbons (Fsp3) is 1.00. The van der Waals surface area contributed by atoms with Gasteiger partial charge in [0.1, 0.15) is 0 Å². The first-order valence-electron chi connectivity index (χ1n) is 10.8. The summed E-state index contributed by atoms with van der Waals surface area (Å²) in [5, 5.41) is 3.36. The Morgan fingerprint density at radius 2 is 0.826 bits per heavy atom. The molecule has 0 aromatic heterocycles. The van der Waals surface area contributed by atoms with E-state index >= 15 is 0 Å². The molecular formula is C21H46N2. The maximum atomic E-state index is 5.44. The summed E-state index contributed by atoms with van der Waals surface area (Å²) in [6.45, 7) is 5.18. The lowest BCUT2D eigenvalue weighted by Crippen LogP contribution is -2.23. The van der Waals surface area contributed by atoms with Crippen molar-refractivity contribution in [2.75, 3.05) is 19.6 Å². The highest BCUT2D eigenvalue weighted by Crippen LogP contribution is 2.13. The summed E-state index contributed by atoms with van der Waals surface area (Å²) < 4.78 is 0. The molecule has 0 aliphatic heterocycles. The molecule has 0 atom stereocenters. The summed E-state index contributed by atoms with van der Waals surface area (Å²) in [6, 6.07) is 0. The summed E-state index contributed by atoms with van der Waals surface area (Å²) in [7, 11) is 0. The second kappa shape index (κ2) is 21.9. The van der Waals surface area contributed by atoms with Gasteiger partial charge in [-0.05, 0) is 13.0 Å². The van der Waals surface area contributed by atoms with E-state index in [2.05, 4.69) is 12.2 Å². The number of hydrogen-bond acceptors (Lipinski definition) is 2. The van der Waals surface area contributed by atoms with Crippen LogP contribution in [0, 0.1) is 0 Å². The maximum absolute atomic E-state index is 5.44. The molecule has 2 heteroatoms. The molecule has 0 bridgehead atoms. The molecule has 0 radical (unpaired) electrons. The van der Waals surface area contributed by atoms with Crippen molar-refractivity contribution >= 4 is 0 Å². The Morgan fingerprint density at radius 3 is 1.17 bits per heavy atom. The molecule has 0 spiro atoms. The largest absolute Gasteiger partial charge is 0.329 e. The molecule has 2 nitrogen and oxygen atoms in total. The van der Waals surface area contributed by atoms with Crippen molar-refractivity contribution in [3.8, 4) is 0 Å². The number of unbranched alkanes of at least 4 members (excludes halogenated alkanes) is 16. The fourth-order valence-corrected chi connectivity index (χ4v) is 3.20. The second-order valence-corrected chi connectivity index (χ2v) is 7.20. The van der Waals surface area contributed by atoms with E-state index in [4.69, 9.17) is 5.73 Å². The van der Waals surface area contributed by atoms with E-state index in [-0.39, 0.29) is 0 Å². The van der Waals surface area contributed by atoms with Gasteiger partial charge in [-0.3, -0.25) is 0 Å². The standard InChI is InChI=1S/C21H46N2/c1-2-3-4-5-6-7-8-9-10-11-12-13-14-15-16-17-18-20-23-21-19-22/h23H,2-22H2,1H3. The number of rotatable bonds is 20. The van der Waals surface area contributed by atoms with Crippen LogP contribution >= 0.6 is 0 Å². The van der Waals surface area contributed by atoms with Crippen LogP contribution in [0.15, 0.2) is 0 Å². The van der Waals surface area contributed by atoms with Gasteiger partial charge in [0, 0.05) is 13.1 Å². The Balaban J connectivity index is 2.92. The SMILES string of the molecule is CCCCCCCCCCCCCCCCCCCNCCN. The van der Waals surface area contributed by atoms with Gasteiger partial charge in [-0.1, -0.05) is 110 Å². The molecule has 23 heavy (non-hydrogen) atoms. The molecule has 0 amide bonds. The maximum Gasteiger partial charge on any atom is 0.00745 e. The van der Waals surface area contributed by atoms with Crippen LogP contribution in [0.25, 0.3) is 0 Å². The van der Waals surface area contributed by atoms with Gasteiger partial charge >= 0.3 is 0 Å². The van der Waals surface area contributed by atoms with E-state index < -0.39 is 0 Å². The summed E-state index contributed by atoms with van der Waals surface area (Å²) in [4.78, 5) is 0. The number of hydrogen-bond donors (Lipinski definition) is 2. The molecule has 0 saturated heterocycles. The van der Waals surface area contributed by atoms with Gasteiger partial charge in [0.2, 0.25) is 0 Å². The molecule has 0 rings (SSSR count). The molecule has 0 aromatic rings. The van der Waals surface area contributed by atoms with Gasteiger partial charge in [0.05, 0.1) is 0 Å². The van der Waals surface area contributed by atoms with Crippen molar-refractivity contribution in [1.82, 2.24) is 5.32 Å². The third-order valence-corrected chi connectivity index (χ3v) is 4.78. The third kappa shape index (κ3) is 21.9. The zero-order valence-electron chi connectivity index (χ0n) is 16.2. The van der Waals surface area contributed by atoms with Crippen LogP contribution < -0.4 is 11.1 Å². The predicted octanol–water partition coefficient (Wildman–Crippen LogP) is 6.19. The minimum Gasteiger partial charge on any atom is -0.329 e. The molecule has 0 aromatic carbocycles. The molecule has 0 fully saturated rings. The molecule has 140 valence electrons. The lowest BCUT2D eigenvalue weighted by molar-refractivity contribution is 0.524. The van der Waals surface area contributed by atoms with Crippen LogP contribution in [-0.2, 0) is 0 Å². The Morgan fingerprint density at radius 1 is 0.478 bits per heavy atom. The number of nitrogens with two attached hydrogens (primary N) is 1. The highest BCUT2D eigenvalue weighted by atomic mass is 14.9. The minimum absolute atomic E-state index is 0.763. The van der Waals surface area contributed by atoms with Gasteiger partial charge < -0.3 is 11.1 Å². The Labute approximate surface area is 147 Å². The molecule has 0 heterocycles. The molecular weight excluding hydrogens is 280 g/mol. The van der Waals surface area contributed by atoms with E-state index in [0.717, 1.165) is 19.6 Å². The monoisotopic (exact) mass is 326 g/mol. The van der Waals surface area contributed by atoms with Gasteiger partial charge in [0.15, 0.2) is 0 Å². The zero-order chi connectivity index (χ0) is 16.8. The lowest BCUT2D eigenvalue weighted by atomic mass is 10.0. The molecule has 0 aliphatic rings. The summed E-state index contributed by atoms with van der Waals surface area (Å²) in [5.74, 6) is 0. The Bertz CT molecular complexity index is 174. The Hall–Kier alpha value is -0.0800. The van der Waals surface area contributed by atoms with Gasteiger partial charge in [0.25, 0.3) is 0 Å². The van der Waals surface area contributed by atoms with E-state index in [1.807, 2.05) is 0 Å². The average Bonchev–Trinajstić information content (AvgIpc) is 2.57. The first-order valence-corrected chi connectivity index (χ1v) is 10.8. The fourth-order valence-electron chi connectivity index (χ4n) is 3.20. The topological polar surface area (TPSA) is 38.0 Å². The quantitative estimate of drug-likeness (QED) is 0.262. The van der Waals surface area contributed by atoms with Crippen molar-refractivity contribution in [3.63, 3.8) is 0 Å². The first kappa shape index (κ1) is 22.9. The predicted molar refractivity (Wildman–Crippen MR) is 106 cm³/mol. The van der Waals surface area contributed by atoms with Crippen molar-refractivity contribution < 1.29 is 0 Å². The molecule has 0 aliphatic carbocycles. The van der Waals surface area contributed by atoms with Crippen LogP contribution in [0.5, 0.6) is 0 Å². The van der Waals surface area contributed by atoms with Gasteiger partial charge in [-0.2, -0.15) is 0 Å². The minimum atomic E-state index is 0.763. The lowest BCUT2D eigenvalue weighted by Gasteiger charge is -2.04. The zero-order valence-corrected chi connectivity index (χ0v) is 16.2. The summed E-state index contributed by atoms with van der Waals surface area (Å²) >= 11 is 0. The normalized spacial score (nSPS) is 11.2. The average molecular weight is 327 g/mol. The van der Waals surface area contributed by atoms with E-state index in [9.17, 15) is 0 Å². The van der Waals surface area contributed by atoms with Gasteiger partial charge in [-0.25, -0.2) is 0 Å². The van der Waals surface area contributed by atoms with Crippen molar-refractivity contribution in [1.29, 1.82) is 0 Å². The van der Waals surface area contributed by atoms with Crippen LogP contribution in [0.1, 0.15) is 116 Å². The van der Waals surface area contributed by atoms with Crippen molar-refractivity contribution in [2.45, 2.75) is 116 Å². The van der Waals surface area contributed by atoms with E-state index in [1.165, 1.54) is 109 Å². The van der Waals surface area contributed by atoms with Crippen molar-refractivity contribution in [3.05, 3.63) is 0 Å². The van der Waals surface area contributed by atoms with Crippen molar-refractivity contribution in [2.24, 2.45) is 5.73 Å². The highest BCUT2D eigenvalue weighted by molar-refractivity contribution is 4.52. The first-order chi connectivity index (χ1) is 11.4. The highest BCUT2D eigenvalue weighted by Gasteiger charge is 1.94. The number of nitrogens with one attached hydrogen (secondary N) is 1. The molecule has 3 N–H and O–H groups in total. The van der Waals surface area contributed by atoms with Crippen LogP contribution in [-0.4, -0.2) is 19.6 Å². The van der Waals surface area contributed by atoms with Crippen LogP contribution in [0.2, 0.25) is 0 Å². The van der Waals surface area contributed by atoms with Gasteiger partial charge in [-0.15, -0.1) is 0 Å². The van der Waals surface area contributed by atoms with E-state index in [1.54, 1.807) is 0 Å². The second-order valence-electron chi connectivity index (χ2n) is 7.20. The molecule has 0 unspecified atom stereocenters. The third-order valence-electron chi connectivity index (χ3n) is 4.78. The summed E-state index contributed by atoms with van der Waals surface area (Å²) in [5.41, 5.74) is 5.44. The molecule has 0 saturated carbocycles. The van der Waals surface area contributed by atoms with Crippen LogP contribution in [0.4, 0.5) is 0 Å². The van der Waals surface area contributed by atoms with E-state index in [0.29, 0.717) is 0 Å². The summed E-state index contributed by atoms with van der Waals surface area (Å²) in [6.07, 6.45) is 24.5. The van der Waals surface area contributed by atoms with Crippen LogP contribution in [0.3, 0.4) is 0 Å².